The summed E-state index contributed by atoms with van der Waals surface area (Å²) in [6.45, 7) is 0. The third kappa shape index (κ3) is 2.25. The number of aromatic carboxylic acids is 1. The Hall–Kier alpha value is -3.63. The quantitative estimate of drug-likeness (QED) is 0.527. The summed E-state index contributed by atoms with van der Waals surface area (Å²) in [6, 6.07) is 25.3. The molecule has 1 heterocycles. The molecule has 0 aromatic heterocycles. The van der Waals surface area contributed by atoms with Crippen LogP contribution in [-0.2, 0) is 5.60 Å². The van der Waals surface area contributed by atoms with Gasteiger partial charge in [-0.2, -0.15) is 0 Å². The summed E-state index contributed by atoms with van der Waals surface area (Å²) in [4.78, 5) is 11.9. The zero-order valence-electron chi connectivity index (χ0n) is 14.8. The van der Waals surface area contributed by atoms with Gasteiger partial charge in [-0.05, 0) is 40.6 Å². The van der Waals surface area contributed by atoms with Crippen LogP contribution < -0.4 is 4.74 Å². The molecule has 28 heavy (non-hydrogen) atoms. The van der Waals surface area contributed by atoms with Crippen molar-refractivity contribution in [1.29, 1.82) is 0 Å². The van der Waals surface area contributed by atoms with Crippen molar-refractivity contribution in [1.82, 2.24) is 0 Å². The van der Waals surface area contributed by atoms with Crippen molar-refractivity contribution >= 4 is 16.7 Å². The molecule has 0 radical (unpaired) electrons. The van der Waals surface area contributed by atoms with Crippen LogP contribution in [0.2, 0.25) is 0 Å². The van der Waals surface area contributed by atoms with Gasteiger partial charge in [-0.1, -0.05) is 60.7 Å². The van der Waals surface area contributed by atoms with Gasteiger partial charge < -0.3 is 14.9 Å². The van der Waals surface area contributed by atoms with E-state index in [2.05, 4.69) is 0 Å². The smallest absolute Gasteiger partial charge is 0.336 e. The number of carboxylic acid groups (broad SMARTS) is 1. The first-order valence-electron chi connectivity index (χ1n) is 8.95. The molecule has 4 aromatic carbocycles. The zero-order chi connectivity index (χ0) is 19.3. The minimum absolute atomic E-state index is 0.156. The number of carboxylic acids is 1. The van der Waals surface area contributed by atoms with E-state index < -0.39 is 11.6 Å². The van der Waals surface area contributed by atoms with Crippen molar-refractivity contribution in [2.75, 3.05) is 0 Å². The average molecular weight is 368 g/mol. The van der Waals surface area contributed by atoms with Gasteiger partial charge in [0.15, 0.2) is 0 Å². The molecule has 0 fully saturated rings. The lowest BCUT2D eigenvalue weighted by Gasteiger charge is -2.36. The van der Waals surface area contributed by atoms with Gasteiger partial charge in [0.25, 0.3) is 0 Å². The van der Waals surface area contributed by atoms with E-state index in [9.17, 15) is 15.0 Å². The molecule has 4 aromatic rings. The maximum Gasteiger partial charge on any atom is 0.336 e. The molecule has 5 rings (SSSR count). The summed E-state index contributed by atoms with van der Waals surface area (Å²) in [5.74, 6) is 0.0674. The minimum Gasteiger partial charge on any atom is -0.478 e. The van der Waals surface area contributed by atoms with E-state index in [0.717, 1.165) is 5.39 Å². The first kappa shape index (κ1) is 16.5. The van der Waals surface area contributed by atoms with Crippen LogP contribution >= 0.6 is 0 Å². The van der Waals surface area contributed by atoms with E-state index in [1.54, 1.807) is 36.4 Å². The molecule has 0 bridgehead atoms. The summed E-state index contributed by atoms with van der Waals surface area (Å²) in [6.07, 6.45) is 0. The largest absolute Gasteiger partial charge is 0.478 e. The molecular weight excluding hydrogens is 352 g/mol. The standard InChI is InChI=1S/C24H16O4/c25-23(26)18-14-16(13-15-7-1-2-8-17(15)18)24(27)19-9-3-5-11-21(19)28-22-12-6-4-10-20(22)24/h1-14,27H,(H,25,26). The highest BCUT2D eigenvalue weighted by atomic mass is 16.5. The van der Waals surface area contributed by atoms with Crippen LogP contribution in [0.15, 0.2) is 84.9 Å². The van der Waals surface area contributed by atoms with E-state index in [-0.39, 0.29) is 5.56 Å². The van der Waals surface area contributed by atoms with Crippen molar-refractivity contribution in [3.8, 4) is 11.5 Å². The van der Waals surface area contributed by atoms with Crippen LogP contribution in [0.25, 0.3) is 10.8 Å². The summed E-state index contributed by atoms with van der Waals surface area (Å²) in [5, 5.41) is 23.2. The molecular formula is C24H16O4. The van der Waals surface area contributed by atoms with Gasteiger partial charge in [-0.25, -0.2) is 4.79 Å². The summed E-state index contributed by atoms with van der Waals surface area (Å²) in [5.41, 5.74) is 0.287. The molecule has 0 saturated carbocycles. The van der Waals surface area contributed by atoms with Crippen LogP contribution in [-0.4, -0.2) is 16.2 Å². The van der Waals surface area contributed by atoms with Crippen molar-refractivity contribution in [2.24, 2.45) is 0 Å². The lowest BCUT2D eigenvalue weighted by atomic mass is 9.77. The molecule has 2 N–H and O–H groups in total. The number of para-hydroxylation sites is 2. The van der Waals surface area contributed by atoms with Crippen LogP contribution in [0.1, 0.15) is 27.0 Å². The first-order chi connectivity index (χ1) is 13.6. The van der Waals surface area contributed by atoms with Crippen LogP contribution in [0.4, 0.5) is 0 Å². The van der Waals surface area contributed by atoms with Crippen molar-refractivity contribution < 1.29 is 19.7 Å². The van der Waals surface area contributed by atoms with Gasteiger partial charge in [-0.15, -0.1) is 0 Å². The van der Waals surface area contributed by atoms with Crippen LogP contribution in [0.5, 0.6) is 11.5 Å². The average Bonchev–Trinajstić information content (AvgIpc) is 2.73. The molecule has 0 aliphatic carbocycles. The van der Waals surface area contributed by atoms with Gasteiger partial charge in [0.1, 0.15) is 17.1 Å². The Kier molecular flexibility index (Phi) is 3.51. The van der Waals surface area contributed by atoms with Gasteiger partial charge in [-0.3, -0.25) is 0 Å². The van der Waals surface area contributed by atoms with E-state index in [4.69, 9.17) is 4.74 Å². The van der Waals surface area contributed by atoms with E-state index in [1.807, 2.05) is 48.5 Å². The zero-order valence-corrected chi connectivity index (χ0v) is 14.8. The maximum absolute atomic E-state index is 12.0. The van der Waals surface area contributed by atoms with E-state index in [0.29, 0.717) is 33.6 Å². The highest BCUT2D eigenvalue weighted by molar-refractivity contribution is 6.04. The fraction of sp³-hybridized carbons (Fsp3) is 0.0417. The topological polar surface area (TPSA) is 66.8 Å². The Morgan fingerprint density at radius 3 is 2.00 bits per heavy atom. The van der Waals surface area contributed by atoms with Gasteiger partial charge in [0.05, 0.1) is 5.56 Å². The molecule has 136 valence electrons. The summed E-state index contributed by atoms with van der Waals surface area (Å²) >= 11 is 0. The van der Waals surface area contributed by atoms with E-state index in [1.165, 1.54) is 0 Å². The predicted molar refractivity (Wildman–Crippen MR) is 106 cm³/mol. The minimum atomic E-state index is -1.53. The molecule has 0 atom stereocenters. The molecule has 0 unspecified atom stereocenters. The molecule has 4 nitrogen and oxygen atoms in total. The predicted octanol–water partition coefficient (Wildman–Crippen LogP) is 4.93. The number of rotatable bonds is 2. The molecule has 1 aliphatic heterocycles. The second-order valence-electron chi connectivity index (χ2n) is 6.85. The van der Waals surface area contributed by atoms with Crippen molar-refractivity contribution in [3.63, 3.8) is 0 Å². The lowest BCUT2D eigenvalue weighted by molar-refractivity contribution is 0.0698. The normalized spacial score (nSPS) is 14.0. The Labute approximate surface area is 161 Å². The monoisotopic (exact) mass is 368 g/mol. The Morgan fingerprint density at radius 2 is 1.36 bits per heavy atom. The molecule has 0 saturated heterocycles. The second kappa shape index (κ2) is 5.94. The fourth-order valence-electron chi connectivity index (χ4n) is 3.98. The summed E-state index contributed by atoms with van der Waals surface area (Å²) < 4.78 is 5.98. The van der Waals surface area contributed by atoms with Gasteiger partial charge >= 0.3 is 5.97 Å². The maximum atomic E-state index is 12.0. The molecule has 1 aliphatic rings. The SMILES string of the molecule is O=C(O)c1cc(C2(O)c3ccccc3Oc3ccccc32)cc2ccccc12. The molecule has 0 amide bonds. The third-order valence-electron chi connectivity index (χ3n) is 5.28. The Balaban J connectivity index is 1.88. The van der Waals surface area contributed by atoms with Gasteiger partial charge in [0, 0.05) is 11.1 Å². The number of hydrogen-bond donors (Lipinski definition) is 2. The highest BCUT2D eigenvalue weighted by Gasteiger charge is 2.42. The lowest BCUT2D eigenvalue weighted by Crippen LogP contribution is -2.32. The third-order valence-corrected chi connectivity index (χ3v) is 5.28. The second-order valence-corrected chi connectivity index (χ2v) is 6.85. The molecule has 4 heteroatoms. The molecule has 0 spiro atoms. The first-order valence-corrected chi connectivity index (χ1v) is 8.95. The summed E-state index contributed by atoms with van der Waals surface area (Å²) in [7, 11) is 0. The van der Waals surface area contributed by atoms with E-state index >= 15 is 0 Å². The van der Waals surface area contributed by atoms with Crippen molar-refractivity contribution in [2.45, 2.75) is 5.60 Å². The highest BCUT2D eigenvalue weighted by Crippen LogP contribution is 2.50. The van der Waals surface area contributed by atoms with Crippen molar-refractivity contribution in [3.05, 3.63) is 107 Å². The number of hydrogen-bond acceptors (Lipinski definition) is 3. The number of ether oxygens (including phenoxy) is 1. The number of aliphatic hydroxyl groups is 1. The Morgan fingerprint density at radius 1 is 0.786 bits per heavy atom. The number of fused-ring (bicyclic) bond motifs is 3. The van der Waals surface area contributed by atoms with Gasteiger partial charge in [0.2, 0.25) is 0 Å². The fourth-order valence-corrected chi connectivity index (χ4v) is 3.98. The van der Waals surface area contributed by atoms with Crippen LogP contribution in [0.3, 0.4) is 0 Å². The number of carbonyl (C=O) groups is 1. The Bertz CT molecular complexity index is 1200. The number of benzene rings is 4. The van der Waals surface area contributed by atoms with Crippen LogP contribution in [0, 0.1) is 0 Å².